The maximum Gasteiger partial charge on any atom is 0.255 e. The fourth-order valence-electron chi connectivity index (χ4n) is 3.29. The summed E-state index contributed by atoms with van der Waals surface area (Å²) in [6, 6.07) is 6.97. The Morgan fingerprint density at radius 2 is 1.93 bits per heavy atom. The van der Waals surface area contributed by atoms with Gasteiger partial charge in [0.25, 0.3) is 5.91 Å². The van der Waals surface area contributed by atoms with Gasteiger partial charge in [-0.1, -0.05) is 25.5 Å². The van der Waals surface area contributed by atoms with Gasteiger partial charge in [-0.3, -0.25) is 9.79 Å². The van der Waals surface area contributed by atoms with E-state index in [1.54, 1.807) is 18.2 Å². The third-order valence-electron chi connectivity index (χ3n) is 4.92. The van der Waals surface area contributed by atoms with Gasteiger partial charge >= 0.3 is 0 Å². The standard InChI is InChI=1S/C21H35N5O2.HI/c1-3-5-14-26-15-10-17(11-16-26)25-21(22-4-2)24-13-12-23-20(28)18-8-6-7-9-19(18)27;/h6-9,17,27H,3-5,10-16H2,1-2H3,(H,23,28)(H2,22,24,25);1H. The first-order valence-electron chi connectivity index (χ1n) is 10.5. The summed E-state index contributed by atoms with van der Waals surface area (Å²) in [5, 5.41) is 19.3. The summed E-state index contributed by atoms with van der Waals surface area (Å²) in [5.74, 6) is 0.501. The Morgan fingerprint density at radius 3 is 2.59 bits per heavy atom. The predicted octanol–water partition coefficient (Wildman–Crippen LogP) is 2.56. The Hall–Kier alpha value is -1.55. The zero-order chi connectivity index (χ0) is 20.2. The van der Waals surface area contributed by atoms with Gasteiger partial charge in [-0.2, -0.15) is 0 Å². The van der Waals surface area contributed by atoms with Crippen LogP contribution in [0.3, 0.4) is 0 Å². The molecule has 1 aliphatic rings. The van der Waals surface area contributed by atoms with E-state index in [0.29, 0.717) is 19.1 Å². The van der Waals surface area contributed by atoms with Crippen LogP contribution in [0.1, 0.15) is 49.9 Å². The number of nitrogens with one attached hydrogen (secondary N) is 3. The smallest absolute Gasteiger partial charge is 0.255 e. The summed E-state index contributed by atoms with van der Waals surface area (Å²) in [5.41, 5.74) is 0.284. The number of hydrogen-bond acceptors (Lipinski definition) is 4. The number of phenols is 1. The van der Waals surface area contributed by atoms with Gasteiger partial charge < -0.3 is 26.0 Å². The van der Waals surface area contributed by atoms with Gasteiger partial charge in [-0.25, -0.2) is 0 Å². The molecule has 29 heavy (non-hydrogen) atoms. The molecule has 1 fully saturated rings. The second-order valence-electron chi connectivity index (χ2n) is 7.15. The molecule has 0 radical (unpaired) electrons. The zero-order valence-electron chi connectivity index (χ0n) is 17.6. The van der Waals surface area contributed by atoms with Crippen molar-refractivity contribution in [3.63, 3.8) is 0 Å². The lowest BCUT2D eigenvalue weighted by Gasteiger charge is -2.33. The molecule has 1 aromatic carbocycles. The first-order chi connectivity index (χ1) is 13.6. The molecule has 0 bridgehead atoms. The van der Waals surface area contributed by atoms with E-state index in [1.807, 2.05) is 6.92 Å². The highest BCUT2D eigenvalue weighted by molar-refractivity contribution is 14.0. The molecule has 8 heteroatoms. The van der Waals surface area contributed by atoms with Crippen molar-refractivity contribution in [1.82, 2.24) is 20.9 Å². The molecule has 0 spiro atoms. The molecule has 1 amide bonds. The summed E-state index contributed by atoms with van der Waals surface area (Å²) in [6.45, 7) is 9.44. The minimum Gasteiger partial charge on any atom is -0.507 e. The van der Waals surface area contributed by atoms with Crippen LogP contribution in [0.15, 0.2) is 29.3 Å². The molecule has 1 aliphatic heterocycles. The molecular formula is C21H36IN5O2. The maximum absolute atomic E-state index is 12.1. The fourth-order valence-corrected chi connectivity index (χ4v) is 3.29. The second kappa shape index (κ2) is 14.4. The third-order valence-corrected chi connectivity index (χ3v) is 4.92. The van der Waals surface area contributed by atoms with Crippen LogP contribution in [0.2, 0.25) is 0 Å². The molecule has 0 saturated carbocycles. The molecule has 7 nitrogen and oxygen atoms in total. The van der Waals surface area contributed by atoms with Crippen molar-refractivity contribution < 1.29 is 9.90 Å². The molecule has 164 valence electrons. The Labute approximate surface area is 191 Å². The number of phenolic OH excluding ortho intramolecular Hbond substituents is 1. The van der Waals surface area contributed by atoms with E-state index >= 15 is 0 Å². The lowest BCUT2D eigenvalue weighted by atomic mass is 10.0. The largest absolute Gasteiger partial charge is 0.507 e. The number of aliphatic imine (C=N–C) groups is 1. The lowest BCUT2D eigenvalue weighted by Crippen LogP contribution is -2.49. The van der Waals surface area contributed by atoms with Crippen molar-refractivity contribution in [2.45, 2.75) is 45.6 Å². The topological polar surface area (TPSA) is 89.0 Å². The molecule has 0 aromatic heterocycles. The molecule has 1 aromatic rings. The SMILES string of the molecule is CCCCN1CCC(NC(=NCCNC(=O)c2ccccc2O)NCC)CC1.I. The first-order valence-corrected chi connectivity index (χ1v) is 10.5. The number of aromatic hydroxyl groups is 1. The number of rotatable bonds is 9. The highest BCUT2D eigenvalue weighted by atomic mass is 127. The number of benzene rings is 1. The molecule has 1 saturated heterocycles. The molecule has 0 aliphatic carbocycles. The molecule has 0 unspecified atom stereocenters. The number of guanidine groups is 1. The van der Waals surface area contributed by atoms with Crippen molar-refractivity contribution in [2.75, 3.05) is 39.3 Å². The van der Waals surface area contributed by atoms with Crippen molar-refractivity contribution in [3.8, 4) is 5.75 Å². The molecule has 0 atom stereocenters. The van der Waals surface area contributed by atoms with E-state index in [-0.39, 0.29) is 41.2 Å². The van der Waals surface area contributed by atoms with Crippen LogP contribution in [-0.2, 0) is 0 Å². The Kier molecular flexibility index (Phi) is 12.7. The van der Waals surface area contributed by atoms with Crippen molar-refractivity contribution in [2.24, 2.45) is 4.99 Å². The van der Waals surface area contributed by atoms with E-state index in [4.69, 9.17) is 0 Å². The lowest BCUT2D eigenvalue weighted by molar-refractivity contribution is 0.0952. The van der Waals surface area contributed by atoms with Crippen molar-refractivity contribution in [1.29, 1.82) is 0 Å². The van der Waals surface area contributed by atoms with Crippen LogP contribution < -0.4 is 16.0 Å². The number of halogens is 1. The third kappa shape index (κ3) is 9.20. The van der Waals surface area contributed by atoms with Crippen LogP contribution in [0.5, 0.6) is 5.75 Å². The number of likely N-dealkylation sites (tertiary alicyclic amines) is 1. The maximum atomic E-state index is 12.1. The van der Waals surface area contributed by atoms with Gasteiger partial charge in [0.05, 0.1) is 12.1 Å². The van der Waals surface area contributed by atoms with E-state index in [2.05, 4.69) is 32.8 Å². The second-order valence-corrected chi connectivity index (χ2v) is 7.15. The van der Waals surface area contributed by atoms with Gasteiger partial charge in [0.1, 0.15) is 5.75 Å². The van der Waals surface area contributed by atoms with Gasteiger partial charge in [0, 0.05) is 32.2 Å². The summed E-state index contributed by atoms with van der Waals surface area (Å²) in [6.07, 6.45) is 4.76. The number of piperidine rings is 1. The van der Waals surface area contributed by atoms with Crippen molar-refractivity contribution in [3.05, 3.63) is 29.8 Å². The van der Waals surface area contributed by atoms with Crippen LogP contribution in [0.4, 0.5) is 0 Å². The number of para-hydroxylation sites is 1. The van der Waals surface area contributed by atoms with E-state index < -0.39 is 0 Å². The van der Waals surface area contributed by atoms with Crippen molar-refractivity contribution >= 4 is 35.8 Å². The van der Waals surface area contributed by atoms with Gasteiger partial charge in [0.15, 0.2) is 5.96 Å². The Morgan fingerprint density at radius 1 is 1.21 bits per heavy atom. The number of unbranched alkanes of at least 4 members (excludes halogenated alkanes) is 1. The van der Waals surface area contributed by atoms with Gasteiger partial charge in [0.2, 0.25) is 0 Å². The normalized spacial score (nSPS) is 15.4. The summed E-state index contributed by atoms with van der Waals surface area (Å²) >= 11 is 0. The number of carbonyl (C=O) groups is 1. The van der Waals surface area contributed by atoms with Crippen LogP contribution >= 0.6 is 24.0 Å². The van der Waals surface area contributed by atoms with E-state index in [9.17, 15) is 9.90 Å². The molecule has 4 N–H and O–H groups in total. The monoisotopic (exact) mass is 517 g/mol. The summed E-state index contributed by atoms with van der Waals surface area (Å²) in [4.78, 5) is 19.2. The molecular weight excluding hydrogens is 481 g/mol. The Bertz CT molecular complexity index is 633. The number of amides is 1. The van der Waals surface area contributed by atoms with Gasteiger partial charge in [-0.15, -0.1) is 24.0 Å². The van der Waals surface area contributed by atoms with E-state index in [0.717, 1.165) is 38.4 Å². The van der Waals surface area contributed by atoms with Crippen LogP contribution in [0.25, 0.3) is 0 Å². The Balaban J connectivity index is 0.00000420. The quantitative estimate of drug-likeness (QED) is 0.175. The number of nitrogens with zero attached hydrogens (tertiary/aromatic N) is 2. The summed E-state index contributed by atoms with van der Waals surface area (Å²) in [7, 11) is 0. The average molecular weight is 517 g/mol. The number of hydrogen-bond donors (Lipinski definition) is 4. The first kappa shape index (κ1) is 25.5. The molecule has 1 heterocycles. The average Bonchev–Trinajstić information content (AvgIpc) is 2.71. The van der Waals surface area contributed by atoms with Gasteiger partial charge in [-0.05, 0) is 44.9 Å². The van der Waals surface area contributed by atoms with E-state index in [1.165, 1.54) is 25.5 Å². The zero-order valence-corrected chi connectivity index (χ0v) is 19.9. The highest BCUT2D eigenvalue weighted by Crippen LogP contribution is 2.14. The minimum absolute atomic E-state index is 0. The highest BCUT2D eigenvalue weighted by Gasteiger charge is 2.19. The number of carbonyl (C=O) groups excluding carboxylic acids is 1. The minimum atomic E-state index is -0.286. The summed E-state index contributed by atoms with van der Waals surface area (Å²) < 4.78 is 0. The predicted molar refractivity (Wildman–Crippen MR) is 129 cm³/mol. The van der Waals surface area contributed by atoms with Crippen LogP contribution in [0, 0.1) is 0 Å². The van der Waals surface area contributed by atoms with Crippen LogP contribution in [-0.4, -0.2) is 67.2 Å². The fraction of sp³-hybridized carbons (Fsp3) is 0.619. The molecule has 2 rings (SSSR count).